The zero-order chi connectivity index (χ0) is 24.0. The molecule has 1 fully saturated rings. The van der Waals surface area contributed by atoms with Gasteiger partial charge < -0.3 is 14.6 Å². The fraction of sp³-hybridized carbons (Fsp3) is 0.292. The van der Waals surface area contributed by atoms with Crippen molar-refractivity contribution < 1.29 is 24.2 Å². The summed E-state index contributed by atoms with van der Waals surface area (Å²) in [5.74, 6) is 0.0535. The predicted octanol–water partition coefficient (Wildman–Crippen LogP) is 5.44. The van der Waals surface area contributed by atoms with Gasteiger partial charge in [0.25, 0.3) is 5.91 Å². The predicted molar refractivity (Wildman–Crippen MR) is 134 cm³/mol. The Morgan fingerprint density at radius 1 is 1.18 bits per heavy atom. The van der Waals surface area contributed by atoms with Crippen molar-refractivity contribution in [3.63, 3.8) is 0 Å². The lowest BCUT2D eigenvalue weighted by molar-refractivity contribution is -0.122. The van der Waals surface area contributed by atoms with Crippen molar-refractivity contribution in [1.29, 1.82) is 0 Å². The summed E-state index contributed by atoms with van der Waals surface area (Å²) < 4.78 is 12.5. The van der Waals surface area contributed by atoms with Crippen LogP contribution in [0, 0.1) is 0 Å². The van der Waals surface area contributed by atoms with Crippen molar-refractivity contribution in [3.8, 4) is 11.5 Å². The standard InChI is InChI=1S/C24H25BrN2O5S/c1-4-26-24-27(5-2)22(28)20(33-24)13-16-11-18(25)21(19(12-16)31-6-3)32-14-15-7-9-17(10-8-15)23(29)30/h7-13H,4-6,14H2,1-3H3,(H,29,30)/b20-13-,26-24?. The van der Waals surface area contributed by atoms with Crippen LogP contribution in [0.3, 0.4) is 0 Å². The number of aliphatic imine (C=N–C) groups is 1. The summed E-state index contributed by atoms with van der Waals surface area (Å²) in [6.45, 7) is 7.63. The van der Waals surface area contributed by atoms with E-state index >= 15 is 0 Å². The molecule has 9 heteroatoms. The number of amidine groups is 1. The number of ether oxygens (including phenoxy) is 2. The highest BCUT2D eigenvalue weighted by atomic mass is 79.9. The van der Waals surface area contributed by atoms with Gasteiger partial charge in [-0.25, -0.2) is 4.79 Å². The maximum Gasteiger partial charge on any atom is 0.335 e. The van der Waals surface area contributed by atoms with E-state index in [9.17, 15) is 9.59 Å². The molecule has 2 aromatic carbocycles. The summed E-state index contributed by atoms with van der Waals surface area (Å²) in [5.41, 5.74) is 1.85. The number of carbonyl (C=O) groups excluding carboxylic acids is 1. The molecule has 1 aliphatic heterocycles. The zero-order valence-electron chi connectivity index (χ0n) is 18.6. The van der Waals surface area contributed by atoms with Gasteiger partial charge in [-0.05, 0) is 89.9 Å². The summed E-state index contributed by atoms with van der Waals surface area (Å²) in [6.07, 6.45) is 1.83. The molecule has 1 aliphatic rings. The number of carboxylic acids is 1. The van der Waals surface area contributed by atoms with Crippen LogP contribution in [-0.4, -0.2) is 46.7 Å². The SMILES string of the molecule is CCN=C1S/C(=C\c2cc(Br)c(OCc3ccc(C(=O)O)cc3)c(OCC)c2)C(=O)N1CC. The van der Waals surface area contributed by atoms with Crippen molar-refractivity contribution in [2.75, 3.05) is 19.7 Å². The van der Waals surface area contributed by atoms with Gasteiger partial charge in [0, 0.05) is 13.1 Å². The molecule has 0 bridgehead atoms. The zero-order valence-corrected chi connectivity index (χ0v) is 21.0. The first kappa shape index (κ1) is 24.9. The molecule has 0 radical (unpaired) electrons. The Labute approximate surface area is 205 Å². The Balaban J connectivity index is 1.85. The topological polar surface area (TPSA) is 88.4 Å². The Bertz CT molecular complexity index is 1100. The first-order chi connectivity index (χ1) is 15.9. The van der Waals surface area contributed by atoms with Crippen LogP contribution >= 0.6 is 27.7 Å². The van der Waals surface area contributed by atoms with Crippen molar-refractivity contribution in [2.45, 2.75) is 27.4 Å². The van der Waals surface area contributed by atoms with Gasteiger partial charge in [0.1, 0.15) is 6.61 Å². The monoisotopic (exact) mass is 532 g/mol. The number of amides is 1. The number of carboxylic acid groups (broad SMARTS) is 1. The summed E-state index contributed by atoms with van der Waals surface area (Å²) >= 11 is 4.93. The molecule has 2 aromatic rings. The van der Waals surface area contributed by atoms with E-state index in [0.29, 0.717) is 45.7 Å². The average Bonchev–Trinajstić information content (AvgIpc) is 3.07. The van der Waals surface area contributed by atoms with Crippen LogP contribution in [0.4, 0.5) is 0 Å². The average molecular weight is 533 g/mol. The smallest absolute Gasteiger partial charge is 0.335 e. The second-order valence-corrected chi connectivity index (χ2v) is 8.83. The van der Waals surface area contributed by atoms with E-state index < -0.39 is 5.97 Å². The van der Waals surface area contributed by atoms with Gasteiger partial charge in [-0.3, -0.25) is 14.7 Å². The molecule has 1 saturated heterocycles. The largest absolute Gasteiger partial charge is 0.490 e. The molecular weight excluding hydrogens is 508 g/mol. The highest BCUT2D eigenvalue weighted by Crippen LogP contribution is 2.39. The summed E-state index contributed by atoms with van der Waals surface area (Å²) in [5, 5.41) is 9.76. The van der Waals surface area contributed by atoms with Gasteiger partial charge in [-0.2, -0.15) is 0 Å². The number of rotatable bonds is 9. The van der Waals surface area contributed by atoms with E-state index in [2.05, 4.69) is 20.9 Å². The molecule has 1 heterocycles. The third-order valence-electron chi connectivity index (χ3n) is 4.71. The third kappa shape index (κ3) is 5.97. The van der Waals surface area contributed by atoms with Crippen LogP contribution in [0.15, 0.2) is 50.8 Å². The second-order valence-electron chi connectivity index (χ2n) is 6.97. The number of benzene rings is 2. The number of hydrogen-bond donors (Lipinski definition) is 1. The fourth-order valence-electron chi connectivity index (χ4n) is 3.16. The minimum absolute atomic E-state index is 0.0612. The molecule has 174 valence electrons. The Hall–Kier alpha value is -2.78. The molecule has 1 N–H and O–H groups in total. The van der Waals surface area contributed by atoms with E-state index in [-0.39, 0.29) is 18.1 Å². The number of nitrogens with zero attached hydrogens (tertiary/aromatic N) is 2. The molecule has 1 amide bonds. The van der Waals surface area contributed by atoms with E-state index in [4.69, 9.17) is 14.6 Å². The van der Waals surface area contributed by atoms with Gasteiger partial charge in [0.15, 0.2) is 16.7 Å². The minimum Gasteiger partial charge on any atom is -0.490 e. The number of hydrogen-bond acceptors (Lipinski definition) is 6. The van der Waals surface area contributed by atoms with Crippen LogP contribution in [0.1, 0.15) is 42.3 Å². The number of thioether (sulfide) groups is 1. The number of aromatic carboxylic acids is 1. The Morgan fingerprint density at radius 3 is 2.52 bits per heavy atom. The highest BCUT2D eigenvalue weighted by Gasteiger charge is 2.32. The molecule has 33 heavy (non-hydrogen) atoms. The molecule has 7 nitrogen and oxygen atoms in total. The number of carbonyl (C=O) groups is 2. The third-order valence-corrected chi connectivity index (χ3v) is 6.34. The van der Waals surface area contributed by atoms with Crippen molar-refractivity contribution in [3.05, 3.63) is 62.5 Å². The van der Waals surface area contributed by atoms with Crippen LogP contribution in [-0.2, 0) is 11.4 Å². The minimum atomic E-state index is -0.970. The van der Waals surface area contributed by atoms with Gasteiger partial charge in [0.2, 0.25) is 0 Å². The molecule has 0 aromatic heterocycles. The van der Waals surface area contributed by atoms with Crippen LogP contribution in [0.25, 0.3) is 6.08 Å². The first-order valence-corrected chi connectivity index (χ1v) is 12.2. The molecule has 3 rings (SSSR count). The second kappa shape index (κ2) is 11.4. The maximum absolute atomic E-state index is 12.8. The van der Waals surface area contributed by atoms with Crippen molar-refractivity contribution >= 4 is 50.8 Å². The number of likely N-dealkylation sites (N-methyl/N-ethyl adjacent to an activating group) is 1. The van der Waals surface area contributed by atoms with Crippen molar-refractivity contribution in [2.24, 2.45) is 4.99 Å². The Morgan fingerprint density at radius 2 is 1.91 bits per heavy atom. The van der Waals surface area contributed by atoms with Crippen LogP contribution < -0.4 is 9.47 Å². The summed E-state index contributed by atoms with van der Waals surface area (Å²) in [7, 11) is 0. The Kier molecular flexibility index (Phi) is 8.57. The van der Waals surface area contributed by atoms with Gasteiger partial charge in [0.05, 0.1) is 21.5 Å². The lowest BCUT2D eigenvalue weighted by Gasteiger charge is -2.15. The molecule has 0 saturated carbocycles. The molecular formula is C24H25BrN2O5S. The lowest BCUT2D eigenvalue weighted by Crippen LogP contribution is -2.28. The highest BCUT2D eigenvalue weighted by molar-refractivity contribution is 9.10. The normalized spacial score (nSPS) is 16.0. The molecule has 0 spiro atoms. The van der Waals surface area contributed by atoms with Gasteiger partial charge in [-0.1, -0.05) is 12.1 Å². The van der Waals surface area contributed by atoms with E-state index in [0.717, 1.165) is 11.1 Å². The van der Waals surface area contributed by atoms with Crippen LogP contribution in [0.2, 0.25) is 0 Å². The summed E-state index contributed by atoms with van der Waals surface area (Å²) in [4.78, 5) is 30.5. The fourth-order valence-corrected chi connectivity index (χ4v) is 4.84. The summed E-state index contributed by atoms with van der Waals surface area (Å²) in [6, 6.07) is 10.2. The van der Waals surface area contributed by atoms with Gasteiger partial charge in [-0.15, -0.1) is 0 Å². The van der Waals surface area contributed by atoms with Crippen molar-refractivity contribution in [1.82, 2.24) is 4.90 Å². The van der Waals surface area contributed by atoms with E-state index in [1.165, 1.54) is 11.8 Å². The van der Waals surface area contributed by atoms with Crippen LogP contribution in [0.5, 0.6) is 11.5 Å². The first-order valence-electron chi connectivity index (χ1n) is 10.5. The molecule has 0 aliphatic carbocycles. The quantitative estimate of drug-likeness (QED) is 0.432. The van der Waals surface area contributed by atoms with Gasteiger partial charge >= 0.3 is 5.97 Å². The number of halogens is 1. The lowest BCUT2D eigenvalue weighted by atomic mass is 10.1. The van der Waals surface area contributed by atoms with E-state index in [1.807, 2.05) is 39.0 Å². The molecule has 0 atom stereocenters. The van der Waals surface area contributed by atoms with E-state index in [1.54, 1.807) is 29.2 Å². The maximum atomic E-state index is 12.8. The molecule has 0 unspecified atom stereocenters.